The lowest BCUT2D eigenvalue weighted by atomic mass is 9.82. The quantitative estimate of drug-likeness (QED) is 0.144. The summed E-state index contributed by atoms with van der Waals surface area (Å²) in [6, 6.07) is 45.2. The molecule has 0 atom stereocenters. The normalized spacial score (nSPS) is 13.2. The van der Waals surface area contributed by atoms with Crippen molar-refractivity contribution >= 4 is 27.4 Å². The van der Waals surface area contributed by atoms with Gasteiger partial charge in [-0.25, -0.2) is 15.0 Å². The summed E-state index contributed by atoms with van der Waals surface area (Å²) in [4.78, 5) is 23.8. The average molecular weight is 761 g/mol. The molecule has 9 aromatic rings. The van der Waals surface area contributed by atoms with Crippen LogP contribution in [0.25, 0.3) is 89.5 Å². The molecular formula is C53H40N6. The molecule has 1 aliphatic rings. The zero-order valence-corrected chi connectivity index (χ0v) is 33.1. The van der Waals surface area contributed by atoms with E-state index < -0.39 is 0 Å². The van der Waals surface area contributed by atoms with Crippen LogP contribution in [0.3, 0.4) is 0 Å². The van der Waals surface area contributed by atoms with Crippen LogP contribution in [0.1, 0.15) is 37.5 Å². The van der Waals surface area contributed by atoms with Gasteiger partial charge in [0.15, 0.2) is 17.5 Å². The van der Waals surface area contributed by atoms with Crippen molar-refractivity contribution in [1.82, 2.24) is 29.5 Å². The van der Waals surface area contributed by atoms with Crippen molar-refractivity contribution in [2.45, 2.75) is 26.2 Å². The Balaban J connectivity index is 1.37. The van der Waals surface area contributed by atoms with Crippen molar-refractivity contribution in [1.29, 1.82) is 0 Å². The molecule has 4 heterocycles. The number of aromatic nitrogens is 6. The first-order valence-corrected chi connectivity index (χ1v) is 19.9. The molecule has 0 N–H and O–H groups in total. The standard InChI is InChI=1S/C53H40N6/c1-5-7-15-34(6-2)42-32-38(52-57-50(36-24-28-54-29-25-36)56-51(58-52)37-26-30-55-31-27-37)33-43(35-16-9-8-10-17-35)48(42)59-46-21-14-12-18-39(46)40-22-23-45-47(49(40)59)41-19-11-13-20-44(41)53(45,3)4/h5-33H,1H2,2-4H3/b15-7-,34-6+. The molecule has 5 aromatic carbocycles. The Morgan fingerprint density at radius 2 is 1.22 bits per heavy atom. The third-order valence-corrected chi connectivity index (χ3v) is 11.6. The van der Waals surface area contributed by atoms with Gasteiger partial charge in [0.2, 0.25) is 0 Å². The summed E-state index contributed by atoms with van der Waals surface area (Å²) < 4.78 is 2.52. The smallest absolute Gasteiger partial charge is 0.164 e. The number of hydrogen-bond acceptors (Lipinski definition) is 5. The van der Waals surface area contributed by atoms with E-state index in [1.54, 1.807) is 24.8 Å². The highest BCUT2D eigenvalue weighted by atomic mass is 15.0. The third kappa shape index (κ3) is 5.91. The number of fused-ring (bicyclic) bond motifs is 7. The van der Waals surface area contributed by atoms with Crippen LogP contribution in [0, 0.1) is 0 Å². The lowest BCUT2D eigenvalue weighted by Crippen LogP contribution is -2.14. The number of rotatable bonds is 8. The fraction of sp³-hybridized carbons (Fsp3) is 0.0755. The van der Waals surface area contributed by atoms with Crippen molar-refractivity contribution < 1.29 is 0 Å². The second kappa shape index (κ2) is 14.4. The predicted molar refractivity (Wildman–Crippen MR) is 242 cm³/mol. The molecule has 1 aliphatic carbocycles. The Hall–Kier alpha value is -7.57. The fourth-order valence-corrected chi connectivity index (χ4v) is 8.82. The molecule has 0 aliphatic heterocycles. The van der Waals surface area contributed by atoms with Gasteiger partial charge in [0.05, 0.1) is 16.7 Å². The molecule has 6 nitrogen and oxygen atoms in total. The van der Waals surface area contributed by atoms with Crippen LogP contribution in [0.15, 0.2) is 183 Å². The Kier molecular flexibility index (Phi) is 8.76. The maximum Gasteiger partial charge on any atom is 0.164 e. The number of allylic oxidation sites excluding steroid dienone is 5. The summed E-state index contributed by atoms with van der Waals surface area (Å²) in [5, 5.41) is 2.41. The summed E-state index contributed by atoms with van der Waals surface area (Å²) in [6.45, 7) is 10.8. The first-order valence-electron chi connectivity index (χ1n) is 19.9. The molecule has 282 valence electrons. The number of para-hydroxylation sites is 1. The van der Waals surface area contributed by atoms with Gasteiger partial charge < -0.3 is 4.57 Å². The van der Waals surface area contributed by atoms with Crippen LogP contribution in [0.5, 0.6) is 0 Å². The minimum Gasteiger partial charge on any atom is -0.307 e. The maximum atomic E-state index is 5.18. The van der Waals surface area contributed by atoms with Gasteiger partial charge in [0.25, 0.3) is 0 Å². The van der Waals surface area contributed by atoms with E-state index in [0.717, 1.165) is 50.2 Å². The SMILES string of the molecule is C=C/C=C\C(=C/C)c1cc(-c2nc(-c3ccncc3)nc(-c3ccncc3)n2)cc(-c2ccccc2)c1-n1c2ccccc2c2ccc3c(c21)-c1ccccc1C3(C)C. The van der Waals surface area contributed by atoms with E-state index in [4.69, 9.17) is 15.0 Å². The fourth-order valence-electron chi connectivity index (χ4n) is 8.82. The van der Waals surface area contributed by atoms with Crippen LogP contribution < -0.4 is 0 Å². The maximum absolute atomic E-state index is 5.18. The van der Waals surface area contributed by atoms with E-state index in [2.05, 4.69) is 157 Å². The van der Waals surface area contributed by atoms with Crippen LogP contribution in [-0.4, -0.2) is 29.5 Å². The highest BCUT2D eigenvalue weighted by molar-refractivity contribution is 6.16. The monoisotopic (exact) mass is 760 g/mol. The molecular weight excluding hydrogens is 721 g/mol. The minimum absolute atomic E-state index is 0.171. The van der Waals surface area contributed by atoms with E-state index in [-0.39, 0.29) is 5.41 Å². The highest BCUT2D eigenvalue weighted by Crippen LogP contribution is 2.54. The summed E-state index contributed by atoms with van der Waals surface area (Å²) in [7, 11) is 0. The molecule has 6 heteroatoms. The van der Waals surface area contributed by atoms with E-state index >= 15 is 0 Å². The Labute approximate surface area is 343 Å². The van der Waals surface area contributed by atoms with Gasteiger partial charge in [-0.3, -0.25) is 9.97 Å². The molecule has 4 aromatic heterocycles. The summed E-state index contributed by atoms with van der Waals surface area (Å²) in [5.74, 6) is 1.69. The van der Waals surface area contributed by atoms with E-state index in [1.807, 2.05) is 36.4 Å². The van der Waals surface area contributed by atoms with Crippen molar-refractivity contribution in [3.05, 3.63) is 200 Å². The van der Waals surface area contributed by atoms with Gasteiger partial charge >= 0.3 is 0 Å². The molecule has 10 rings (SSSR count). The second-order valence-electron chi connectivity index (χ2n) is 15.3. The van der Waals surface area contributed by atoms with E-state index in [9.17, 15) is 0 Å². The van der Waals surface area contributed by atoms with E-state index in [1.165, 1.54) is 38.5 Å². The first-order chi connectivity index (χ1) is 29.0. The lowest BCUT2D eigenvalue weighted by Gasteiger charge is -2.23. The minimum atomic E-state index is -0.171. The number of pyridine rings is 2. The van der Waals surface area contributed by atoms with Crippen molar-refractivity contribution in [3.63, 3.8) is 0 Å². The molecule has 59 heavy (non-hydrogen) atoms. The highest BCUT2D eigenvalue weighted by Gasteiger charge is 2.38. The van der Waals surface area contributed by atoms with Gasteiger partial charge in [-0.15, -0.1) is 0 Å². The van der Waals surface area contributed by atoms with Crippen molar-refractivity contribution in [2.24, 2.45) is 0 Å². The molecule has 0 radical (unpaired) electrons. The zero-order chi connectivity index (χ0) is 40.1. The van der Waals surface area contributed by atoms with Crippen LogP contribution in [-0.2, 0) is 5.41 Å². The molecule has 0 spiro atoms. The average Bonchev–Trinajstić information content (AvgIpc) is 3.75. The first kappa shape index (κ1) is 35.8. The van der Waals surface area contributed by atoms with Crippen molar-refractivity contribution in [3.8, 4) is 62.1 Å². The number of nitrogens with zero attached hydrogens (tertiary/aromatic N) is 6. The second-order valence-corrected chi connectivity index (χ2v) is 15.3. The molecule has 0 amide bonds. The van der Waals surface area contributed by atoms with Gasteiger partial charge in [-0.2, -0.15) is 0 Å². The predicted octanol–water partition coefficient (Wildman–Crippen LogP) is 12.9. The van der Waals surface area contributed by atoms with Crippen molar-refractivity contribution in [2.75, 3.05) is 0 Å². The summed E-state index contributed by atoms with van der Waals surface area (Å²) in [5.41, 5.74) is 15.2. The number of hydrogen-bond donors (Lipinski definition) is 0. The largest absolute Gasteiger partial charge is 0.307 e. The Morgan fingerprint density at radius 1 is 0.593 bits per heavy atom. The zero-order valence-electron chi connectivity index (χ0n) is 33.1. The molecule has 0 saturated carbocycles. The summed E-state index contributed by atoms with van der Waals surface area (Å²) >= 11 is 0. The third-order valence-electron chi connectivity index (χ3n) is 11.6. The summed E-state index contributed by atoms with van der Waals surface area (Å²) in [6.07, 6.45) is 15.2. The van der Waals surface area contributed by atoms with Crippen LogP contribution >= 0.6 is 0 Å². The van der Waals surface area contributed by atoms with Gasteiger partial charge in [-0.05, 0) is 77.2 Å². The van der Waals surface area contributed by atoms with Gasteiger partial charge in [-0.1, -0.05) is 130 Å². The van der Waals surface area contributed by atoms with Gasteiger partial charge in [0, 0.05) is 74.4 Å². The molecule has 0 fully saturated rings. The topological polar surface area (TPSA) is 69.4 Å². The van der Waals surface area contributed by atoms with Gasteiger partial charge in [0.1, 0.15) is 0 Å². The molecule has 0 unspecified atom stereocenters. The van der Waals surface area contributed by atoms with E-state index in [0.29, 0.717) is 17.5 Å². The lowest BCUT2D eigenvalue weighted by molar-refractivity contribution is 0.661. The Morgan fingerprint density at radius 3 is 1.90 bits per heavy atom. The van der Waals surface area contributed by atoms with Crippen LogP contribution in [0.2, 0.25) is 0 Å². The Bertz CT molecular complexity index is 3080. The molecule has 0 bridgehead atoms. The molecule has 0 saturated heterocycles. The van der Waals surface area contributed by atoms with Crippen LogP contribution in [0.4, 0.5) is 0 Å². The number of benzene rings is 5.